The first-order valence-electron chi connectivity index (χ1n) is 6.31. The molecule has 1 aliphatic rings. The first kappa shape index (κ1) is 12.2. The molecule has 0 radical (unpaired) electrons. The molecule has 1 fully saturated rings. The maximum absolute atomic E-state index is 12.0. The van der Waals surface area contributed by atoms with E-state index >= 15 is 0 Å². The highest BCUT2D eigenvalue weighted by Crippen LogP contribution is 2.32. The van der Waals surface area contributed by atoms with Crippen LogP contribution in [0.1, 0.15) is 49.1 Å². The Morgan fingerprint density at radius 3 is 3.00 bits per heavy atom. The Labute approximate surface area is 102 Å². The van der Waals surface area contributed by atoms with Crippen LogP contribution in [-0.2, 0) is 0 Å². The van der Waals surface area contributed by atoms with Crippen LogP contribution in [-0.4, -0.2) is 28.2 Å². The van der Waals surface area contributed by atoms with Gasteiger partial charge in [-0.05, 0) is 44.7 Å². The van der Waals surface area contributed by atoms with E-state index in [9.17, 15) is 4.79 Å². The van der Waals surface area contributed by atoms with Gasteiger partial charge in [0.05, 0.1) is 0 Å². The Morgan fingerprint density at radius 2 is 2.41 bits per heavy atom. The molecule has 1 amide bonds. The van der Waals surface area contributed by atoms with Gasteiger partial charge in [-0.2, -0.15) is 0 Å². The van der Waals surface area contributed by atoms with E-state index in [-0.39, 0.29) is 18.6 Å². The molecular formula is C13H20N2O2. The smallest absolute Gasteiger partial charge is 0.268 e. The average Bonchev–Trinajstić information content (AvgIpc) is 2.64. The summed E-state index contributed by atoms with van der Waals surface area (Å²) in [4.78, 5) is 12.0. The number of aliphatic hydroxyl groups excluding tert-OH is 1. The summed E-state index contributed by atoms with van der Waals surface area (Å²) in [6.45, 7) is 2.01. The molecule has 0 bridgehead atoms. The van der Waals surface area contributed by atoms with Gasteiger partial charge in [0.2, 0.25) is 0 Å². The molecule has 17 heavy (non-hydrogen) atoms. The van der Waals surface area contributed by atoms with E-state index in [1.54, 1.807) is 0 Å². The van der Waals surface area contributed by atoms with E-state index in [4.69, 9.17) is 5.11 Å². The summed E-state index contributed by atoms with van der Waals surface area (Å²) in [5.74, 6) is -0.0390. The lowest BCUT2D eigenvalue weighted by Crippen LogP contribution is -2.35. The van der Waals surface area contributed by atoms with Gasteiger partial charge >= 0.3 is 0 Å². The number of rotatable bonds is 5. The van der Waals surface area contributed by atoms with Crippen LogP contribution < -0.4 is 5.32 Å². The predicted molar refractivity (Wildman–Crippen MR) is 66.0 cm³/mol. The number of hydrogen-bond acceptors (Lipinski definition) is 2. The zero-order valence-corrected chi connectivity index (χ0v) is 10.2. The number of hydrogen-bond donors (Lipinski definition) is 2. The van der Waals surface area contributed by atoms with Crippen LogP contribution >= 0.6 is 0 Å². The first-order valence-corrected chi connectivity index (χ1v) is 6.31. The molecule has 0 aliphatic heterocycles. The number of aliphatic hydroxyl groups is 1. The second-order valence-electron chi connectivity index (χ2n) is 4.77. The number of amides is 1. The zero-order chi connectivity index (χ0) is 12.3. The molecule has 94 valence electrons. The minimum absolute atomic E-state index is 0.0113. The van der Waals surface area contributed by atoms with Crippen molar-refractivity contribution in [2.45, 2.75) is 44.7 Å². The van der Waals surface area contributed by atoms with Crippen LogP contribution in [0.15, 0.2) is 18.3 Å². The number of carbonyl (C=O) groups excluding carboxylic acids is 1. The summed E-state index contributed by atoms with van der Waals surface area (Å²) < 4.78 is 2.07. The molecule has 4 nitrogen and oxygen atoms in total. The van der Waals surface area contributed by atoms with Crippen molar-refractivity contribution in [3.63, 3.8) is 0 Å². The SMILES string of the molecule is CC(CCO)NC(=O)c1cccn1C1CCC1. The van der Waals surface area contributed by atoms with Gasteiger partial charge in [-0.1, -0.05) is 0 Å². The topological polar surface area (TPSA) is 54.3 Å². The molecule has 4 heteroatoms. The lowest BCUT2D eigenvalue weighted by molar-refractivity contribution is 0.0919. The molecule has 1 heterocycles. The molecule has 1 atom stereocenters. The van der Waals surface area contributed by atoms with Crippen molar-refractivity contribution in [2.24, 2.45) is 0 Å². The third kappa shape index (κ3) is 2.69. The monoisotopic (exact) mass is 236 g/mol. The van der Waals surface area contributed by atoms with Gasteiger partial charge in [0.1, 0.15) is 5.69 Å². The number of nitrogens with one attached hydrogen (secondary N) is 1. The molecule has 0 aromatic carbocycles. The minimum atomic E-state index is -0.0390. The lowest BCUT2D eigenvalue weighted by atomic mass is 9.93. The van der Waals surface area contributed by atoms with Crippen LogP contribution in [0.2, 0.25) is 0 Å². The summed E-state index contributed by atoms with van der Waals surface area (Å²) in [6, 6.07) is 4.29. The summed E-state index contributed by atoms with van der Waals surface area (Å²) in [6.07, 6.45) is 6.17. The van der Waals surface area contributed by atoms with Crippen molar-refractivity contribution in [3.05, 3.63) is 24.0 Å². The van der Waals surface area contributed by atoms with Crippen molar-refractivity contribution in [2.75, 3.05) is 6.61 Å². The highest BCUT2D eigenvalue weighted by molar-refractivity contribution is 5.93. The zero-order valence-electron chi connectivity index (χ0n) is 10.2. The van der Waals surface area contributed by atoms with Crippen LogP contribution in [0.5, 0.6) is 0 Å². The second-order valence-corrected chi connectivity index (χ2v) is 4.77. The van der Waals surface area contributed by atoms with Gasteiger partial charge in [-0.15, -0.1) is 0 Å². The summed E-state index contributed by atoms with van der Waals surface area (Å²) >= 11 is 0. The Balaban J connectivity index is 2.01. The summed E-state index contributed by atoms with van der Waals surface area (Å²) in [5.41, 5.74) is 0.736. The van der Waals surface area contributed by atoms with E-state index in [0.29, 0.717) is 12.5 Å². The largest absolute Gasteiger partial charge is 0.396 e. The fourth-order valence-electron chi connectivity index (χ4n) is 2.13. The minimum Gasteiger partial charge on any atom is -0.396 e. The van der Waals surface area contributed by atoms with Gasteiger partial charge in [-0.25, -0.2) is 0 Å². The van der Waals surface area contributed by atoms with Crippen LogP contribution in [0.3, 0.4) is 0 Å². The molecule has 1 aromatic heterocycles. The van der Waals surface area contributed by atoms with E-state index in [1.807, 2.05) is 25.3 Å². The van der Waals surface area contributed by atoms with Crippen LogP contribution in [0.4, 0.5) is 0 Å². The molecule has 1 aromatic rings. The molecule has 1 saturated carbocycles. The molecular weight excluding hydrogens is 216 g/mol. The van der Waals surface area contributed by atoms with Crippen molar-refractivity contribution >= 4 is 5.91 Å². The van der Waals surface area contributed by atoms with Gasteiger partial charge in [0.25, 0.3) is 5.91 Å². The highest BCUT2D eigenvalue weighted by atomic mass is 16.3. The Kier molecular flexibility index (Phi) is 3.84. The fraction of sp³-hybridized carbons (Fsp3) is 0.615. The molecule has 1 aliphatic carbocycles. The van der Waals surface area contributed by atoms with Gasteiger partial charge < -0.3 is 15.0 Å². The quantitative estimate of drug-likeness (QED) is 0.817. The number of aromatic nitrogens is 1. The fourth-order valence-corrected chi connectivity index (χ4v) is 2.13. The number of carbonyl (C=O) groups is 1. The third-order valence-electron chi connectivity index (χ3n) is 3.42. The summed E-state index contributed by atoms with van der Waals surface area (Å²) in [5, 5.41) is 11.7. The molecule has 2 N–H and O–H groups in total. The highest BCUT2D eigenvalue weighted by Gasteiger charge is 2.23. The Morgan fingerprint density at radius 1 is 1.65 bits per heavy atom. The normalized spacial score (nSPS) is 17.5. The maximum atomic E-state index is 12.0. The third-order valence-corrected chi connectivity index (χ3v) is 3.42. The van der Waals surface area contributed by atoms with Gasteiger partial charge in [-0.3, -0.25) is 4.79 Å². The van der Waals surface area contributed by atoms with E-state index in [0.717, 1.165) is 5.69 Å². The predicted octanol–water partition coefficient (Wildman–Crippen LogP) is 1.71. The Hall–Kier alpha value is -1.29. The van der Waals surface area contributed by atoms with Crippen LogP contribution in [0, 0.1) is 0 Å². The van der Waals surface area contributed by atoms with E-state index in [2.05, 4.69) is 9.88 Å². The standard InChI is InChI=1S/C13H20N2O2/c1-10(7-9-16)14-13(17)12-6-3-8-15(12)11-4-2-5-11/h3,6,8,10-11,16H,2,4-5,7,9H2,1H3,(H,14,17). The Bertz CT molecular complexity index is 383. The van der Waals surface area contributed by atoms with Gasteiger partial charge in [0.15, 0.2) is 0 Å². The molecule has 1 unspecified atom stereocenters. The maximum Gasteiger partial charge on any atom is 0.268 e. The van der Waals surface area contributed by atoms with Crippen LogP contribution in [0.25, 0.3) is 0 Å². The average molecular weight is 236 g/mol. The second kappa shape index (κ2) is 5.36. The number of nitrogens with zero attached hydrogens (tertiary/aromatic N) is 1. The summed E-state index contributed by atoms with van der Waals surface area (Å²) in [7, 11) is 0. The molecule has 2 rings (SSSR count). The van der Waals surface area contributed by atoms with Crippen molar-refractivity contribution in [3.8, 4) is 0 Å². The molecule has 0 spiro atoms. The van der Waals surface area contributed by atoms with Gasteiger partial charge in [0, 0.05) is 24.9 Å². The van der Waals surface area contributed by atoms with E-state index < -0.39 is 0 Å². The first-order chi connectivity index (χ1) is 8.22. The van der Waals surface area contributed by atoms with Crippen molar-refractivity contribution < 1.29 is 9.90 Å². The lowest BCUT2D eigenvalue weighted by Gasteiger charge is -2.29. The molecule has 0 saturated heterocycles. The van der Waals surface area contributed by atoms with Crippen molar-refractivity contribution in [1.29, 1.82) is 0 Å². The van der Waals surface area contributed by atoms with Crippen molar-refractivity contribution in [1.82, 2.24) is 9.88 Å². The van der Waals surface area contributed by atoms with E-state index in [1.165, 1.54) is 19.3 Å².